The van der Waals surface area contributed by atoms with Crippen LogP contribution in [0.1, 0.15) is 24.7 Å². The van der Waals surface area contributed by atoms with Crippen LogP contribution in [0.25, 0.3) is 28.2 Å². The number of hydrogen-bond acceptors (Lipinski definition) is 5. The van der Waals surface area contributed by atoms with Crippen LogP contribution >= 0.6 is 22.6 Å². The summed E-state index contributed by atoms with van der Waals surface area (Å²) in [5.41, 5.74) is 2.57. The molecule has 1 aromatic heterocycles. The van der Waals surface area contributed by atoms with Gasteiger partial charge in [0, 0.05) is 27.8 Å². The summed E-state index contributed by atoms with van der Waals surface area (Å²) in [5.74, 6) is 0.120. The molecule has 5 rings (SSSR count). The van der Waals surface area contributed by atoms with Crippen molar-refractivity contribution < 1.29 is 9.72 Å². The number of nitro benzene ring substituents is 1. The number of non-ortho nitro benzene ring substituents is 1. The van der Waals surface area contributed by atoms with Gasteiger partial charge in [-0.3, -0.25) is 24.3 Å². The quantitative estimate of drug-likeness (QED) is 0.141. The van der Waals surface area contributed by atoms with Crippen molar-refractivity contribution in [1.29, 1.82) is 0 Å². The Kier molecular flexibility index (Phi) is 5.93. The summed E-state index contributed by atoms with van der Waals surface area (Å²) in [6.45, 7) is 2.59. The first-order valence-corrected chi connectivity index (χ1v) is 12.1. The second-order valence-electron chi connectivity index (χ2n) is 8.08. The molecule has 2 heterocycles. The molecule has 3 aromatic carbocycles. The van der Waals surface area contributed by atoms with Gasteiger partial charge in [0.2, 0.25) is 0 Å². The van der Waals surface area contributed by atoms with Gasteiger partial charge in [0.25, 0.3) is 17.2 Å². The van der Waals surface area contributed by atoms with Gasteiger partial charge in [0.15, 0.2) is 0 Å². The minimum Gasteiger partial charge on any atom is -0.308 e. The Morgan fingerprint density at radius 1 is 1.06 bits per heavy atom. The highest BCUT2D eigenvalue weighted by atomic mass is 127. The van der Waals surface area contributed by atoms with Crippen LogP contribution in [0, 0.1) is 13.7 Å². The molecule has 0 unspecified atom stereocenters. The summed E-state index contributed by atoms with van der Waals surface area (Å²) in [7, 11) is 0. The van der Waals surface area contributed by atoms with Crippen LogP contribution in [-0.2, 0) is 4.79 Å². The molecule has 0 bridgehead atoms. The topological polar surface area (TPSA) is 98.3 Å². The number of nitrogens with zero attached hydrogens (tertiary/aromatic N) is 4. The summed E-state index contributed by atoms with van der Waals surface area (Å²) in [6, 6.07) is 18.6. The van der Waals surface area contributed by atoms with Gasteiger partial charge in [-0.05, 0) is 71.5 Å². The van der Waals surface area contributed by atoms with E-state index >= 15 is 0 Å². The number of hydrogen-bond donors (Lipinski definition) is 0. The van der Waals surface area contributed by atoms with E-state index in [1.165, 1.54) is 28.8 Å². The second kappa shape index (κ2) is 9.06. The number of amides is 1. The number of halogens is 1. The third kappa shape index (κ3) is 4.01. The van der Waals surface area contributed by atoms with Gasteiger partial charge >= 0.3 is 0 Å². The molecule has 0 saturated heterocycles. The Hall–Kier alpha value is -3.86. The van der Waals surface area contributed by atoms with E-state index in [4.69, 9.17) is 4.98 Å². The van der Waals surface area contributed by atoms with E-state index < -0.39 is 4.92 Å². The van der Waals surface area contributed by atoms with Gasteiger partial charge in [0.1, 0.15) is 5.82 Å². The van der Waals surface area contributed by atoms with Crippen molar-refractivity contribution in [3.63, 3.8) is 0 Å². The highest BCUT2D eigenvalue weighted by Gasteiger charge is 2.32. The summed E-state index contributed by atoms with van der Waals surface area (Å²) < 4.78 is 2.28. The SMILES string of the molecule is CCCN1C(=O)/C(=C\c2nc3ccc(I)cc3c(=O)n2-c2ccc([N+](=O)[O-])cc2)c2ccccc21. The summed E-state index contributed by atoms with van der Waals surface area (Å²) >= 11 is 2.13. The molecule has 1 amide bonds. The van der Waals surface area contributed by atoms with Gasteiger partial charge in [-0.1, -0.05) is 25.1 Å². The highest BCUT2D eigenvalue weighted by Crippen LogP contribution is 2.37. The van der Waals surface area contributed by atoms with E-state index in [0.29, 0.717) is 28.7 Å². The molecule has 0 saturated carbocycles. The fraction of sp³-hybridized carbons (Fsp3) is 0.115. The van der Waals surface area contributed by atoms with E-state index in [0.717, 1.165) is 21.2 Å². The van der Waals surface area contributed by atoms with Gasteiger partial charge in [-0.25, -0.2) is 4.98 Å². The number of carbonyl (C=O) groups excluding carboxylic acids is 1. The van der Waals surface area contributed by atoms with Gasteiger partial charge in [-0.2, -0.15) is 0 Å². The number of rotatable bonds is 5. The molecule has 4 aromatic rings. The lowest BCUT2D eigenvalue weighted by atomic mass is 10.1. The van der Waals surface area contributed by atoms with Crippen LogP contribution in [0.5, 0.6) is 0 Å². The molecule has 1 aliphatic heterocycles. The van der Waals surface area contributed by atoms with Crippen LogP contribution in [0.3, 0.4) is 0 Å². The van der Waals surface area contributed by atoms with Crippen molar-refractivity contribution in [1.82, 2.24) is 9.55 Å². The van der Waals surface area contributed by atoms with Crippen molar-refractivity contribution in [2.75, 3.05) is 11.4 Å². The number of aromatic nitrogens is 2. The van der Waals surface area contributed by atoms with E-state index in [1.807, 2.05) is 37.3 Å². The third-order valence-corrected chi connectivity index (χ3v) is 6.53. The highest BCUT2D eigenvalue weighted by molar-refractivity contribution is 14.1. The standard InChI is InChI=1S/C26H19IN4O4/c1-2-13-29-23-6-4-3-5-19(23)20(25(29)32)15-24-28-22-12-7-16(27)14-21(22)26(33)30(24)17-8-10-18(11-9-17)31(34)35/h3-12,14-15H,2,13H2,1H3/b20-15-. The summed E-state index contributed by atoms with van der Waals surface area (Å²) in [5, 5.41) is 11.6. The number of benzene rings is 3. The lowest BCUT2D eigenvalue weighted by molar-refractivity contribution is -0.384. The maximum absolute atomic E-state index is 13.6. The number of fused-ring (bicyclic) bond motifs is 2. The average molecular weight is 578 g/mol. The monoisotopic (exact) mass is 578 g/mol. The van der Waals surface area contributed by atoms with Gasteiger partial charge in [0.05, 0.1) is 32.8 Å². The zero-order valence-corrected chi connectivity index (χ0v) is 20.8. The Bertz CT molecular complexity index is 1590. The van der Waals surface area contributed by atoms with E-state index in [9.17, 15) is 19.7 Å². The number of nitro groups is 1. The lowest BCUT2D eigenvalue weighted by Crippen LogP contribution is -2.27. The maximum Gasteiger partial charge on any atom is 0.269 e. The predicted molar refractivity (Wildman–Crippen MR) is 144 cm³/mol. The molecule has 1 aliphatic rings. The Morgan fingerprint density at radius 3 is 2.51 bits per heavy atom. The molecule has 0 aliphatic carbocycles. The van der Waals surface area contributed by atoms with Gasteiger partial charge < -0.3 is 4.90 Å². The molecular weight excluding hydrogens is 559 g/mol. The van der Waals surface area contributed by atoms with Crippen LogP contribution < -0.4 is 10.5 Å². The Morgan fingerprint density at radius 2 is 1.80 bits per heavy atom. The predicted octanol–water partition coefficient (Wildman–Crippen LogP) is 5.20. The van der Waals surface area contributed by atoms with Crippen LogP contribution in [-0.4, -0.2) is 26.9 Å². The molecular formula is C26H19IN4O4. The molecule has 0 spiro atoms. The first kappa shape index (κ1) is 22.9. The van der Waals surface area contributed by atoms with Crippen LogP contribution in [0.2, 0.25) is 0 Å². The molecule has 174 valence electrons. The normalized spacial score (nSPS) is 14.1. The maximum atomic E-state index is 13.6. The van der Waals surface area contributed by atoms with Crippen molar-refractivity contribution in [3.05, 3.63) is 102 Å². The van der Waals surface area contributed by atoms with Crippen LogP contribution in [0.15, 0.2) is 71.5 Å². The molecule has 0 atom stereocenters. The summed E-state index contributed by atoms with van der Waals surface area (Å²) in [6.07, 6.45) is 2.44. The third-order valence-electron chi connectivity index (χ3n) is 5.86. The largest absolute Gasteiger partial charge is 0.308 e. The van der Waals surface area contributed by atoms with Crippen molar-refractivity contribution in [2.24, 2.45) is 0 Å². The average Bonchev–Trinajstić information content (AvgIpc) is 3.11. The lowest BCUT2D eigenvalue weighted by Gasteiger charge is -2.15. The van der Waals surface area contributed by atoms with Crippen molar-refractivity contribution >= 4 is 62.4 Å². The molecule has 9 heteroatoms. The molecule has 0 radical (unpaired) electrons. The zero-order valence-electron chi connectivity index (χ0n) is 18.6. The molecule has 0 fully saturated rings. The molecule has 8 nitrogen and oxygen atoms in total. The fourth-order valence-corrected chi connectivity index (χ4v) is 4.76. The minimum atomic E-state index is -0.493. The van der Waals surface area contributed by atoms with E-state index in [-0.39, 0.29) is 23.0 Å². The molecule has 0 N–H and O–H groups in total. The van der Waals surface area contributed by atoms with E-state index in [1.54, 1.807) is 23.1 Å². The zero-order chi connectivity index (χ0) is 24.7. The number of anilines is 1. The Labute approximate surface area is 213 Å². The smallest absolute Gasteiger partial charge is 0.269 e. The van der Waals surface area contributed by atoms with Gasteiger partial charge in [-0.15, -0.1) is 0 Å². The number of carbonyl (C=O) groups is 1. The number of para-hydroxylation sites is 1. The molecule has 35 heavy (non-hydrogen) atoms. The minimum absolute atomic E-state index is 0.0832. The van der Waals surface area contributed by atoms with Crippen LogP contribution in [0.4, 0.5) is 11.4 Å². The second-order valence-corrected chi connectivity index (χ2v) is 9.32. The summed E-state index contributed by atoms with van der Waals surface area (Å²) in [4.78, 5) is 44.1. The Balaban J connectivity index is 1.78. The first-order chi connectivity index (χ1) is 16.9. The first-order valence-electron chi connectivity index (χ1n) is 11.0. The van der Waals surface area contributed by atoms with Crippen molar-refractivity contribution in [3.8, 4) is 5.69 Å². The fourth-order valence-electron chi connectivity index (χ4n) is 4.27. The van der Waals surface area contributed by atoms with E-state index in [2.05, 4.69) is 22.6 Å². The van der Waals surface area contributed by atoms with Crippen molar-refractivity contribution in [2.45, 2.75) is 13.3 Å².